The van der Waals surface area contributed by atoms with Gasteiger partial charge >= 0.3 is 0 Å². The predicted octanol–water partition coefficient (Wildman–Crippen LogP) is 4.29. The summed E-state index contributed by atoms with van der Waals surface area (Å²) in [7, 11) is 1.83. The fraction of sp³-hybridized carbons (Fsp3) is 0.231. The maximum Gasteiger partial charge on any atom is 0.129 e. The lowest BCUT2D eigenvalue weighted by Gasteiger charge is -2.15. The minimum absolute atomic E-state index is 0.0208. The van der Waals surface area contributed by atoms with Gasteiger partial charge in [0.2, 0.25) is 0 Å². The van der Waals surface area contributed by atoms with Crippen molar-refractivity contribution >= 4 is 27.3 Å². The minimum Gasteiger partial charge on any atom is -0.313 e. The third-order valence-electron chi connectivity index (χ3n) is 2.78. The predicted molar refractivity (Wildman–Crippen MR) is 73.9 cm³/mol. The Morgan fingerprint density at radius 2 is 2.11 bits per heavy atom. The van der Waals surface area contributed by atoms with E-state index in [0.29, 0.717) is 12.0 Å². The van der Waals surface area contributed by atoms with E-state index in [1.54, 1.807) is 11.3 Å². The van der Waals surface area contributed by atoms with E-state index in [0.717, 1.165) is 15.4 Å². The van der Waals surface area contributed by atoms with Crippen LogP contribution >= 0.6 is 27.3 Å². The Hall–Kier alpha value is -0.780. The topological polar surface area (TPSA) is 12.0 Å². The van der Waals surface area contributed by atoms with Crippen LogP contribution < -0.4 is 5.32 Å². The fourth-order valence-corrected chi connectivity index (χ4v) is 3.03. The molecule has 1 aromatic heterocycles. The summed E-state index contributed by atoms with van der Waals surface area (Å²) in [4.78, 5) is 0. The molecule has 0 bridgehead atoms. The molecule has 0 spiro atoms. The van der Waals surface area contributed by atoms with Gasteiger partial charge in [-0.15, -0.1) is 11.3 Å². The first-order valence-electron chi connectivity index (χ1n) is 5.45. The van der Waals surface area contributed by atoms with E-state index in [9.17, 15) is 8.78 Å². The van der Waals surface area contributed by atoms with Gasteiger partial charge in [0.25, 0.3) is 0 Å². The molecule has 5 heteroatoms. The second-order valence-corrected chi connectivity index (χ2v) is 6.26. The third-order valence-corrected chi connectivity index (χ3v) is 4.30. The monoisotopic (exact) mass is 331 g/mol. The first-order chi connectivity index (χ1) is 8.60. The molecule has 1 unspecified atom stereocenters. The van der Waals surface area contributed by atoms with Crippen LogP contribution in [-0.4, -0.2) is 7.05 Å². The van der Waals surface area contributed by atoms with Crippen molar-refractivity contribution in [1.29, 1.82) is 0 Å². The van der Waals surface area contributed by atoms with Crippen molar-refractivity contribution in [2.75, 3.05) is 7.05 Å². The molecule has 18 heavy (non-hydrogen) atoms. The van der Waals surface area contributed by atoms with Crippen molar-refractivity contribution in [2.45, 2.75) is 12.5 Å². The smallest absolute Gasteiger partial charge is 0.129 e. The summed E-state index contributed by atoms with van der Waals surface area (Å²) < 4.78 is 27.5. The molecule has 0 fully saturated rings. The molecular weight excluding hydrogens is 320 g/mol. The Labute approximate surface area is 117 Å². The Balaban J connectivity index is 2.20. The van der Waals surface area contributed by atoms with Gasteiger partial charge in [-0.25, -0.2) is 8.78 Å². The summed E-state index contributed by atoms with van der Waals surface area (Å²) in [5.74, 6) is -1.04. The highest BCUT2D eigenvalue weighted by atomic mass is 79.9. The molecule has 0 radical (unpaired) electrons. The van der Waals surface area contributed by atoms with Crippen LogP contribution in [0.25, 0.3) is 0 Å². The SMILES string of the molecule is CNC(Cc1ccc(F)cc1F)c1csc(Br)c1. The molecule has 1 heterocycles. The van der Waals surface area contributed by atoms with E-state index in [-0.39, 0.29) is 6.04 Å². The largest absolute Gasteiger partial charge is 0.313 e. The number of thiophene rings is 1. The van der Waals surface area contributed by atoms with Crippen LogP contribution in [0.4, 0.5) is 8.78 Å². The summed E-state index contributed by atoms with van der Waals surface area (Å²) >= 11 is 4.99. The molecule has 1 aromatic carbocycles. The molecule has 1 atom stereocenters. The number of nitrogens with one attached hydrogen (secondary N) is 1. The van der Waals surface area contributed by atoms with Crippen LogP contribution in [0.3, 0.4) is 0 Å². The van der Waals surface area contributed by atoms with Crippen molar-refractivity contribution in [2.24, 2.45) is 0 Å². The highest BCUT2D eigenvalue weighted by Crippen LogP contribution is 2.27. The van der Waals surface area contributed by atoms with Crippen LogP contribution in [0.15, 0.2) is 33.4 Å². The van der Waals surface area contributed by atoms with Crippen LogP contribution in [-0.2, 0) is 6.42 Å². The first-order valence-corrected chi connectivity index (χ1v) is 7.12. The molecule has 2 aromatic rings. The number of hydrogen-bond acceptors (Lipinski definition) is 2. The van der Waals surface area contributed by atoms with Crippen LogP contribution in [0.5, 0.6) is 0 Å². The van der Waals surface area contributed by atoms with E-state index in [4.69, 9.17) is 0 Å². The summed E-state index contributed by atoms with van der Waals surface area (Å²) in [5.41, 5.74) is 1.61. The van der Waals surface area contributed by atoms with Gasteiger partial charge in [0.05, 0.1) is 3.79 Å². The number of likely N-dealkylation sites (N-methyl/N-ethyl adjacent to an activating group) is 1. The number of halogens is 3. The summed E-state index contributed by atoms with van der Waals surface area (Å²) in [5, 5.41) is 5.17. The van der Waals surface area contributed by atoms with Gasteiger partial charge in [0.15, 0.2) is 0 Å². The van der Waals surface area contributed by atoms with Gasteiger partial charge in [-0.2, -0.15) is 0 Å². The maximum atomic E-state index is 13.6. The van der Waals surface area contributed by atoms with Gasteiger partial charge in [-0.05, 0) is 58.0 Å². The number of benzene rings is 1. The lowest BCUT2D eigenvalue weighted by molar-refractivity contribution is 0.541. The number of hydrogen-bond donors (Lipinski definition) is 1. The average Bonchev–Trinajstić information content (AvgIpc) is 2.75. The quantitative estimate of drug-likeness (QED) is 0.881. The van der Waals surface area contributed by atoms with Gasteiger partial charge in [0.1, 0.15) is 11.6 Å². The standard InChI is InChI=1S/C13H12BrF2NS/c1-17-12(9-5-13(14)18-7-9)4-8-2-3-10(15)6-11(8)16/h2-3,5-7,12,17H,4H2,1H3. The van der Waals surface area contributed by atoms with E-state index >= 15 is 0 Å². The van der Waals surface area contributed by atoms with Crippen LogP contribution in [0, 0.1) is 11.6 Å². The van der Waals surface area contributed by atoms with Crippen LogP contribution in [0.2, 0.25) is 0 Å². The molecule has 0 amide bonds. The zero-order chi connectivity index (χ0) is 13.1. The highest BCUT2D eigenvalue weighted by Gasteiger charge is 2.14. The van der Waals surface area contributed by atoms with Gasteiger partial charge < -0.3 is 5.32 Å². The van der Waals surface area contributed by atoms with E-state index < -0.39 is 11.6 Å². The average molecular weight is 332 g/mol. The van der Waals surface area contributed by atoms with Crippen molar-refractivity contribution in [3.05, 3.63) is 56.2 Å². The molecule has 0 saturated carbocycles. The molecule has 1 nitrogen and oxygen atoms in total. The maximum absolute atomic E-state index is 13.6. The van der Waals surface area contributed by atoms with E-state index in [2.05, 4.69) is 21.2 Å². The molecule has 0 aliphatic carbocycles. The molecule has 96 valence electrons. The van der Waals surface area contributed by atoms with Crippen molar-refractivity contribution in [1.82, 2.24) is 5.32 Å². The highest BCUT2D eigenvalue weighted by molar-refractivity contribution is 9.11. The fourth-order valence-electron chi connectivity index (χ4n) is 1.80. The zero-order valence-electron chi connectivity index (χ0n) is 9.71. The summed E-state index contributed by atoms with van der Waals surface area (Å²) in [6.45, 7) is 0. The second kappa shape index (κ2) is 5.91. The molecule has 0 aliphatic rings. The Bertz CT molecular complexity index is 542. The summed E-state index contributed by atoms with van der Waals surface area (Å²) in [6.07, 6.45) is 0.492. The Morgan fingerprint density at radius 3 is 2.67 bits per heavy atom. The van der Waals surface area contributed by atoms with E-state index in [1.807, 2.05) is 18.5 Å². The van der Waals surface area contributed by atoms with Gasteiger partial charge in [-0.3, -0.25) is 0 Å². The normalized spacial score (nSPS) is 12.7. The minimum atomic E-state index is -0.546. The lowest BCUT2D eigenvalue weighted by atomic mass is 10.0. The molecule has 2 rings (SSSR count). The zero-order valence-corrected chi connectivity index (χ0v) is 12.1. The molecular formula is C13H12BrF2NS. The van der Waals surface area contributed by atoms with Crippen molar-refractivity contribution in [3.8, 4) is 0 Å². The molecule has 0 aliphatic heterocycles. The first kappa shape index (κ1) is 13.6. The van der Waals surface area contributed by atoms with Crippen molar-refractivity contribution < 1.29 is 8.78 Å². The molecule has 1 N–H and O–H groups in total. The van der Waals surface area contributed by atoms with E-state index in [1.165, 1.54) is 12.1 Å². The lowest BCUT2D eigenvalue weighted by Crippen LogP contribution is -2.18. The third kappa shape index (κ3) is 3.16. The molecule has 0 saturated heterocycles. The van der Waals surface area contributed by atoms with Crippen LogP contribution in [0.1, 0.15) is 17.2 Å². The Morgan fingerprint density at radius 1 is 1.33 bits per heavy atom. The second-order valence-electron chi connectivity index (χ2n) is 3.97. The van der Waals surface area contributed by atoms with Gasteiger partial charge in [-0.1, -0.05) is 6.07 Å². The van der Waals surface area contributed by atoms with Crippen molar-refractivity contribution in [3.63, 3.8) is 0 Å². The number of rotatable bonds is 4. The summed E-state index contributed by atoms with van der Waals surface area (Å²) in [6, 6.07) is 5.73. The Kier molecular flexibility index (Phi) is 4.48. The van der Waals surface area contributed by atoms with Gasteiger partial charge in [0, 0.05) is 12.1 Å².